The Hall–Kier alpha value is -2.75. The third-order valence-electron chi connectivity index (χ3n) is 5.43. The topological polar surface area (TPSA) is 45.3 Å². The summed E-state index contributed by atoms with van der Waals surface area (Å²) in [6, 6.07) is 16.7. The number of carbonyl (C=O) groups excluding carboxylic acids is 1. The SMILES string of the molecule is CCOc1ccc(C2CCCN2C(=O)CCc2c[nH]c3ccccc23)cc1. The monoisotopic (exact) mass is 362 g/mol. The highest BCUT2D eigenvalue weighted by molar-refractivity contribution is 5.84. The average Bonchev–Trinajstić information content (AvgIpc) is 3.34. The Morgan fingerprint density at radius 3 is 2.81 bits per heavy atom. The number of aromatic amines is 1. The molecule has 1 aliphatic rings. The van der Waals surface area contributed by atoms with E-state index in [1.807, 2.05) is 37.4 Å². The fourth-order valence-corrected chi connectivity index (χ4v) is 4.09. The Morgan fingerprint density at radius 1 is 1.19 bits per heavy atom. The Labute approximate surface area is 160 Å². The number of aryl methyl sites for hydroxylation is 1. The fraction of sp³-hybridized carbons (Fsp3) is 0.348. The van der Waals surface area contributed by atoms with Crippen LogP contribution in [0.1, 0.15) is 43.4 Å². The van der Waals surface area contributed by atoms with Crippen molar-refractivity contribution in [2.75, 3.05) is 13.2 Å². The number of likely N-dealkylation sites (tertiary alicyclic amines) is 1. The molecule has 4 heteroatoms. The van der Waals surface area contributed by atoms with Gasteiger partial charge in [-0.1, -0.05) is 30.3 Å². The molecule has 0 radical (unpaired) electrons. The number of para-hydroxylation sites is 1. The number of hydrogen-bond donors (Lipinski definition) is 1. The number of H-pyrrole nitrogens is 1. The molecule has 1 fully saturated rings. The number of nitrogens with zero attached hydrogens (tertiary/aromatic N) is 1. The summed E-state index contributed by atoms with van der Waals surface area (Å²) in [4.78, 5) is 18.3. The van der Waals surface area contributed by atoms with Crippen LogP contribution in [0.3, 0.4) is 0 Å². The van der Waals surface area contributed by atoms with Crippen LogP contribution < -0.4 is 4.74 Å². The molecule has 4 rings (SSSR count). The molecule has 1 unspecified atom stereocenters. The standard InChI is InChI=1S/C23H26N2O2/c1-2-27-19-12-9-17(10-13-19)22-8-5-15-25(22)23(26)14-11-18-16-24-21-7-4-3-6-20(18)21/h3-4,6-7,9-10,12-13,16,22,24H,2,5,8,11,14-15H2,1H3. The van der Waals surface area contributed by atoms with Crippen molar-refractivity contribution in [3.63, 3.8) is 0 Å². The van der Waals surface area contributed by atoms with E-state index in [-0.39, 0.29) is 11.9 Å². The molecule has 0 aliphatic carbocycles. The number of aromatic nitrogens is 1. The number of rotatable bonds is 6. The van der Waals surface area contributed by atoms with E-state index in [9.17, 15) is 4.79 Å². The van der Waals surface area contributed by atoms with Gasteiger partial charge < -0.3 is 14.6 Å². The van der Waals surface area contributed by atoms with Gasteiger partial charge in [-0.15, -0.1) is 0 Å². The lowest BCUT2D eigenvalue weighted by molar-refractivity contribution is -0.132. The zero-order chi connectivity index (χ0) is 18.6. The van der Waals surface area contributed by atoms with Gasteiger partial charge in [-0.25, -0.2) is 0 Å². The number of amides is 1. The summed E-state index contributed by atoms with van der Waals surface area (Å²) >= 11 is 0. The first kappa shape index (κ1) is 17.7. The molecule has 1 aliphatic heterocycles. The second-order valence-electron chi connectivity index (χ2n) is 7.11. The molecule has 4 nitrogen and oxygen atoms in total. The summed E-state index contributed by atoms with van der Waals surface area (Å²) < 4.78 is 5.53. The average molecular weight is 362 g/mol. The van der Waals surface area contributed by atoms with Gasteiger partial charge in [0.05, 0.1) is 12.6 Å². The Bertz CT molecular complexity index is 914. The van der Waals surface area contributed by atoms with Crippen LogP contribution in [0.15, 0.2) is 54.7 Å². The number of fused-ring (bicyclic) bond motifs is 1. The van der Waals surface area contributed by atoms with Crippen LogP contribution in [-0.4, -0.2) is 28.9 Å². The van der Waals surface area contributed by atoms with Crippen molar-refractivity contribution >= 4 is 16.8 Å². The lowest BCUT2D eigenvalue weighted by Crippen LogP contribution is -2.30. The van der Waals surface area contributed by atoms with Crippen molar-refractivity contribution in [2.24, 2.45) is 0 Å². The second-order valence-corrected chi connectivity index (χ2v) is 7.11. The van der Waals surface area contributed by atoms with Crippen molar-refractivity contribution in [3.8, 4) is 5.75 Å². The first-order valence-electron chi connectivity index (χ1n) is 9.83. The van der Waals surface area contributed by atoms with Crippen LogP contribution in [-0.2, 0) is 11.2 Å². The molecule has 0 saturated carbocycles. The highest BCUT2D eigenvalue weighted by atomic mass is 16.5. The van der Waals surface area contributed by atoms with E-state index in [4.69, 9.17) is 4.74 Å². The van der Waals surface area contributed by atoms with Crippen LogP contribution in [0.2, 0.25) is 0 Å². The van der Waals surface area contributed by atoms with Crippen LogP contribution >= 0.6 is 0 Å². The summed E-state index contributed by atoms with van der Waals surface area (Å²) in [5.74, 6) is 1.13. The molecule has 2 heterocycles. The zero-order valence-corrected chi connectivity index (χ0v) is 15.8. The van der Waals surface area contributed by atoms with E-state index in [2.05, 4.69) is 34.1 Å². The van der Waals surface area contributed by atoms with E-state index >= 15 is 0 Å². The lowest BCUT2D eigenvalue weighted by atomic mass is 10.0. The van der Waals surface area contributed by atoms with Crippen molar-refractivity contribution < 1.29 is 9.53 Å². The van der Waals surface area contributed by atoms with Gasteiger partial charge in [0.2, 0.25) is 5.91 Å². The van der Waals surface area contributed by atoms with Crippen molar-refractivity contribution in [1.29, 1.82) is 0 Å². The van der Waals surface area contributed by atoms with Gasteiger partial charge in [0, 0.05) is 30.1 Å². The van der Waals surface area contributed by atoms with E-state index in [0.29, 0.717) is 13.0 Å². The molecule has 27 heavy (non-hydrogen) atoms. The summed E-state index contributed by atoms with van der Waals surface area (Å²) in [5.41, 5.74) is 3.56. The van der Waals surface area contributed by atoms with Crippen LogP contribution in [0.5, 0.6) is 5.75 Å². The maximum absolute atomic E-state index is 12.9. The largest absolute Gasteiger partial charge is 0.494 e. The normalized spacial score (nSPS) is 16.8. The number of nitrogens with one attached hydrogen (secondary N) is 1. The molecular weight excluding hydrogens is 336 g/mol. The molecule has 1 aromatic heterocycles. The maximum atomic E-state index is 12.9. The lowest BCUT2D eigenvalue weighted by Gasteiger charge is -2.25. The zero-order valence-electron chi connectivity index (χ0n) is 15.8. The molecule has 3 aromatic rings. The minimum Gasteiger partial charge on any atom is -0.494 e. The number of carbonyl (C=O) groups is 1. The van der Waals surface area contributed by atoms with Crippen LogP contribution in [0.25, 0.3) is 10.9 Å². The molecule has 0 bridgehead atoms. The molecule has 0 spiro atoms. The quantitative estimate of drug-likeness (QED) is 0.680. The molecule has 1 N–H and O–H groups in total. The van der Waals surface area contributed by atoms with Crippen LogP contribution in [0, 0.1) is 0 Å². The Kier molecular flexibility index (Phi) is 5.14. The highest BCUT2D eigenvalue weighted by Gasteiger charge is 2.29. The smallest absolute Gasteiger partial charge is 0.223 e. The summed E-state index contributed by atoms with van der Waals surface area (Å²) in [5, 5.41) is 1.22. The third-order valence-corrected chi connectivity index (χ3v) is 5.43. The Morgan fingerprint density at radius 2 is 2.00 bits per heavy atom. The molecule has 140 valence electrons. The first-order valence-corrected chi connectivity index (χ1v) is 9.83. The number of benzene rings is 2. The van der Waals surface area contributed by atoms with Crippen molar-refractivity contribution in [2.45, 2.75) is 38.6 Å². The summed E-state index contributed by atoms with van der Waals surface area (Å²) in [6.07, 6.45) is 5.46. The maximum Gasteiger partial charge on any atom is 0.223 e. The fourth-order valence-electron chi connectivity index (χ4n) is 4.09. The van der Waals surface area contributed by atoms with Gasteiger partial charge >= 0.3 is 0 Å². The summed E-state index contributed by atoms with van der Waals surface area (Å²) in [7, 11) is 0. The third kappa shape index (κ3) is 3.70. The van der Waals surface area contributed by atoms with E-state index < -0.39 is 0 Å². The van der Waals surface area contributed by atoms with E-state index in [1.54, 1.807) is 0 Å². The van der Waals surface area contributed by atoms with Crippen molar-refractivity contribution in [1.82, 2.24) is 9.88 Å². The van der Waals surface area contributed by atoms with Gasteiger partial charge in [0.25, 0.3) is 0 Å². The molecule has 1 amide bonds. The molecule has 2 aromatic carbocycles. The highest BCUT2D eigenvalue weighted by Crippen LogP contribution is 2.33. The number of hydrogen-bond acceptors (Lipinski definition) is 2. The molecular formula is C23H26N2O2. The summed E-state index contributed by atoms with van der Waals surface area (Å²) in [6.45, 7) is 3.50. The minimum absolute atomic E-state index is 0.191. The first-order chi connectivity index (χ1) is 13.3. The van der Waals surface area contributed by atoms with Gasteiger partial charge in [-0.05, 0) is 55.5 Å². The van der Waals surface area contributed by atoms with E-state index in [1.165, 1.54) is 16.5 Å². The van der Waals surface area contributed by atoms with Gasteiger partial charge in [-0.2, -0.15) is 0 Å². The van der Waals surface area contributed by atoms with Gasteiger partial charge in [0.1, 0.15) is 5.75 Å². The van der Waals surface area contributed by atoms with E-state index in [0.717, 1.165) is 37.1 Å². The Balaban J connectivity index is 1.43. The minimum atomic E-state index is 0.191. The van der Waals surface area contributed by atoms with Crippen LogP contribution in [0.4, 0.5) is 0 Å². The van der Waals surface area contributed by atoms with Gasteiger partial charge in [-0.3, -0.25) is 4.79 Å². The number of ether oxygens (including phenoxy) is 1. The predicted octanol–water partition coefficient (Wildman–Crippen LogP) is 4.86. The molecule has 1 atom stereocenters. The molecule has 1 saturated heterocycles. The predicted molar refractivity (Wildman–Crippen MR) is 108 cm³/mol. The van der Waals surface area contributed by atoms with Gasteiger partial charge in [0.15, 0.2) is 0 Å². The second kappa shape index (κ2) is 7.87. The van der Waals surface area contributed by atoms with Crippen molar-refractivity contribution in [3.05, 3.63) is 65.9 Å².